The van der Waals surface area contributed by atoms with Crippen LogP contribution in [0.25, 0.3) is 16.7 Å². The zero-order chi connectivity index (χ0) is 11.7. The third-order valence-electron chi connectivity index (χ3n) is 2.54. The lowest BCUT2D eigenvalue weighted by Crippen LogP contribution is -2.20. The molecule has 0 bridgehead atoms. The Labute approximate surface area is 97.2 Å². The van der Waals surface area contributed by atoms with Gasteiger partial charge in [0.2, 0.25) is 0 Å². The first kappa shape index (κ1) is 9.72. The van der Waals surface area contributed by atoms with E-state index in [2.05, 4.69) is 9.97 Å². The van der Waals surface area contributed by atoms with Crippen molar-refractivity contribution < 1.29 is 0 Å². The van der Waals surface area contributed by atoms with Gasteiger partial charge in [0.25, 0.3) is 0 Å². The molecule has 0 aliphatic carbocycles. The van der Waals surface area contributed by atoms with Gasteiger partial charge in [0.1, 0.15) is 5.82 Å². The van der Waals surface area contributed by atoms with Crippen molar-refractivity contribution >= 4 is 10.9 Å². The maximum absolute atomic E-state index is 11.6. The van der Waals surface area contributed by atoms with Crippen molar-refractivity contribution in [1.82, 2.24) is 14.5 Å². The molecule has 2 aromatic heterocycles. The van der Waals surface area contributed by atoms with Crippen LogP contribution in [0.2, 0.25) is 0 Å². The van der Waals surface area contributed by atoms with Crippen molar-refractivity contribution in [2.45, 2.75) is 0 Å². The van der Waals surface area contributed by atoms with E-state index in [1.54, 1.807) is 12.3 Å². The lowest BCUT2D eigenvalue weighted by atomic mass is 10.2. The average molecular weight is 223 g/mol. The van der Waals surface area contributed by atoms with E-state index in [0.29, 0.717) is 5.82 Å². The van der Waals surface area contributed by atoms with Gasteiger partial charge in [-0.15, -0.1) is 0 Å². The fourth-order valence-electron chi connectivity index (χ4n) is 1.72. The summed E-state index contributed by atoms with van der Waals surface area (Å²) in [7, 11) is 0. The lowest BCUT2D eigenvalue weighted by molar-refractivity contribution is 0.887. The zero-order valence-corrected chi connectivity index (χ0v) is 8.95. The highest BCUT2D eigenvalue weighted by molar-refractivity contribution is 5.79. The van der Waals surface area contributed by atoms with Crippen LogP contribution in [-0.2, 0) is 0 Å². The van der Waals surface area contributed by atoms with Crippen LogP contribution in [0.3, 0.4) is 0 Å². The molecule has 0 aliphatic rings. The molecule has 3 aromatic rings. The Kier molecular flexibility index (Phi) is 2.19. The first-order valence-electron chi connectivity index (χ1n) is 5.24. The van der Waals surface area contributed by atoms with E-state index >= 15 is 0 Å². The molecule has 0 amide bonds. The molecule has 0 saturated heterocycles. The molecular formula is C13H9N3O. The maximum Gasteiger partial charge on any atom is 0.353 e. The zero-order valence-electron chi connectivity index (χ0n) is 8.95. The van der Waals surface area contributed by atoms with Crippen molar-refractivity contribution in [2.75, 3.05) is 0 Å². The minimum atomic E-state index is -0.324. The van der Waals surface area contributed by atoms with Crippen LogP contribution in [0.5, 0.6) is 0 Å². The minimum Gasteiger partial charge on any atom is -0.251 e. The summed E-state index contributed by atoms with van der Waals surface area (Å²) in [5.41, 5.74) is 0.538. The number of pyridine rings is 1. The van der Waals surface area contributed by atoms with Gasteiger partial charge in [-0.3, -0.25) is 4.57 Å². The van der Waals surface area contributed by atoms with Gasteiger partial charge in [-0.2, -0.15) is 0 Å². The fourth-order valence-corrected chi connectivity index (χ4v) is 1.72. The highest BCUT2D eigenvalue weighted by Crippen LogP contribution is 2.12. The van der Waals surface area contributed by atoms with Gasteiger partial charge in [-0.25, -0.2) is 14.8 Å². The topological polar surface area (TPSA) is 47.8 Å². The Bertz CT molecular complexity index is 734. The smallest absolute Gasteiger partial charge is 0.251 e. The van der Waals surface area contributed by atoms with E-state index in [1.165, 1.54) is 10.8 Å². The van der Waals surface area contributed by atoms with Gasteiger partial charge in [0.15, 0.2) is 0 Å². The first-order chi connectivity index (χ1) is 8.34. The van der Waals surface area contributed by atoms with Crippen molar-refractivity contribution in [1.29, 1.82) is 0 Å². The van der Waals surface area contributed by atoms with E-state index in [0.717, 1.165) is 10.9 Å². The highest BCUT2D eigenvalue weighted by Gasteiger charge is 2.01. The van der Waals surface area contributed by atoms with Gasteiger partial charge >= 0.3 is 5.69 Å². The summed E-state index contributed by atoms with van der Waals surface area (Å²) >= 11 is 0. The number of para-hydroxylation sites is 1. The average Bonchev–Trinajstić information content (AvgIpc) is 2.39. The summed E-state index contributed by atoms with van der Waals surface area (Å²) in [6.45, 7) is 0. The Balaban J connectivity index is 2.25. The fraction of sp³-hybridized carbons (Fsp3) is 0. The second kappa shape index (κ2) is 3.83. The summed E-state index contributed by atoms with van der Waals surface area (Å²) < 4.78 is 1.42. The van der Waals surface area contributed by atoms with Crippen LogP contribution < -0.4 is 5.69 Å². The van der Waals surface area contributed by atoms with E-state index in [1.807, 2.05) is 36.4 Å². The van der Waals surface area contributed by atoms with E-state index in [-0.39, 0.29) is 5.69 Å². The molecule has 0 N–H and O–H groups in total. The predicted octanol–water partition coefficient (Wildman–Crippen LogP) is 1.78. The van der Waals surface area contributed by atoms with Crippen LogP contribution in [0, 0.1) is 0 Å². The molecule has 0 atom stereocenters. The van der Waals surface area contributed by atoms with Crippen LogP contribution >= 0.6 is 0 Å². The standard InChI is InChI=1S/C13H9N3O/c17-13-14-8-3-9-16(13)12-7-6-10-4-1-2-5-11(10)15-12/h1-9H. The second-order valence-corrected chi connectivity index (χ2v) is 3.63. The van der Waals surface area contributed by atoms with Gasteiger partial charge in [-0.1, -0.05) is 18.2 Å². The minimum absolute atomic E-state index is 0.324. The van der Waals surface area contributed by atoms with Crippen molar-refractivity contribution in [3.05, 3.63) is 65.3 Å². The number of benzene rings is 1. The Morgan fingerprint density at radius 3 is 2.76 bits per heavy atom. The van der Waals surface area contributed by atoms with Gasteiger partial charge in [-0.05, 0) is 24.3 Å². The van der Waals surface area contributed by atoms with Crippen molar-refractivity contribution in [3.8, 4) is 5.82 Å². The number of hydrogen-bond acceptors (Lipinski definition) is 3. The first-order valence-corrected chi connectivity index (χ1v) is 5.24. The molecule has 0 spiro atoms. The monoisotopic (exact) mass is 223 g/mol. The number of aromatic nitrogens is 3. The molecule has 3 rings (SSSR count). The summed E-state index contributed by atoms with van der Waals surface area (Å²) in [6.07, 6.45) is 3.13. The van der Waals surface area contributed by atoms with Gasteiger partial charge in [0.05, 0.1) is 5.52 Å². The highest BCUT2D eigenvalue weighted by atomic mass is 16.1. The molecule has 17 heavy (non-hydrogen) atoms. The number of nitrogens with zero attached hydrogens (tertiary/aromatic N) is 3. The molecule has 0 aliphatic heterocycles. The summed E-state index contributed by atoms with van der Waals surface area (Å²) in [5, 5.41) is 1.05. The van der Waals surface area contributed by atoms with Crippen LogP contribution in [0.4, 0.5) is 0 Å². The van der Waals surface area contributed by atoms with E-state index < -0.39 is 0 Å². The second-order valence-electron chi connectivity index (χ2n) is 3.63. The number of fused-ring (bicyclic) bond motifs is 1. The number of hydrogen-bond donors (Lipinski definition) is 0. The SMILES string of the molecule is O=c1ncccn1-c1ccc2ccccc2n1. The summed E-state index contributed by atoms with van der Waals surface area (Å²) in [6, 6.07) is 13.2. The summed E-state index contributed by atoms with van der Waals surface area (Å²) in [4.78, 5) is 19.7. The van der Waals surface area contributed by atoms with E-state index in [9.17, 15) is 4.79 Å². The Morgan fingerprint density at radius 2 is 1.88 bits per heavy atom. The van der Waals surface area contributed by atoms with E-state index in [4.69, 9.17) is 0 Å². The van der Waals surface area contributed by atoms with Crippen LogP contribution in [0.15, 0.2) is 59.7 Å². The Hall–Kier alpha value is -2.49. The number of rotatable bonds is 1. The molecule has 4 nitrogen and oxygen atoms in total. The van der Waals surface area contributed by atoms with Gasteiger partial charge in [0, 0.05) is 17.8 Å². The normalized spacial score (nSPS) is 10.6. The predicted molar refractivity (Wildman–Crippen MR) is 65.1 cm³/mol. The van der Waals surface area contributed by atoms with Crippen molar-refractivity contribution in [3.63, 3.8) is 0 Å². The maximum atomic E-state index is 11.6. The molecule has 82 valence electrons. The molecule has 0 unspecified atom stereocenters. The molecule has 0 radical (unpaired) electrons. The molecule has 4 heteroatoms. The van der Waals surface area contributed by atoms with Crippen LogP contribution in [0.1, 0.15) is 0 Å². The molecule has 0 saturated carbocycles. The Morgan fingerprint density at radius 1 is 1.00 bits per heavy atom. The molecule has 0 fully saturated rings. The molecule has 1 aromatic carbocycles. The summed E-state index contributed by atoms with van der Waals surface area (Å²) in [5.74, 6) is 0.585. The molecule has 2 heterocycles. The third-order valence-corrected chi connectivity index (χ3v) is 2.54. The largest absolute Gasteiger partial charge is 0.353 e. The van der Waals surface area contributed by atoms with Gasteiger partial charge < -0.3 is 0 Å². The third kappa shape index (κ3) is 1.69. The molecular weight excluding hydrogens is 214 g/mol. The van der Waals surface area contributed by atoms with Crippen LogP contribution in [-0.4, -0.2) is 14.5 Å². The van der Waals surface area contributed by atoms with Crippen molar-refractivity contribution in [2.24, 2.45) is 0 Å². The lowest BCUT2D eigenvalue weighted by Gasteiger charge is -2.04. The quantitative estimate of drug-likeness (QED) is 0.631.